The maximum atomic E-state index is 12.0. The van der Waals surface area contributed by atoms with Crippen LogP contribution in [-0.4, -0.2) is 31.1 Å². The number of carbonyl (C=O) groups excluding carboxylic acids is 2. The zero-order valence-electron chi connectivity index (χ0n) is 9.90. The molecule has 18 heavy (non-hydrogen) atoms. The Morgan fingerprint density at radius 1 is 1.39 bits per heavy atom. The van der Waals surface area contributed by atoms with Crippen LogP contribution in [-0.2, 0) is 0 Å². The summed E-state index contributed by atoms with van der Waals surface area (Å²) in [5.74, 6) is -0.142. The molecule has 0 saturated carbocycles. The molecule has 1 atom stereocenters. The van der Waals surface area contributed by atoms with Crippen molar-refractivity contribution in [2.45, 2.75) is 12.5 Å². The summed E-state index contributed by atoms with van der Waals surface area (Å²) < 4.78 is 0. The number of primary amides is 1. The summed E-state index contributed by atoms with van der Waals surface area (Å²) in [6.07, 6.45) is 0.935. The first kappa shape index (κ1) is 12.4. The van der Waals surface area contributed by atoms with Crippen molar-refractivity contribution in [2.24, 2.45) is 5.73 Å². The molecule has 3 amide bonds. The van der Waals surface area contributed by atoms with Gasteiger partial charge in [0.05, 0.1) is 0 Å². The molecule has 1 unspecified atom stereocenters. The first-order valence-corrected chi connectivity index (χ1v) is 5.83. The molecule has 96 valence electrons. The third kappa shape index (κ3) is 3.21. The Hall–Kier alpha value is -2.08. The molecule has 2 rings (SSSR count). The molecular formula is C12H16N4O2. The average molecular weight is 248 g/mol. The fraction of sp³-hybridized carbons (Fsp3) is 0.333. The molecule has 1 aromatic carbocycles. The zero-order chi connectivity index (χ0) is 13.0. The Balaban J connectivity index is 2.02. The van der Waals surface area contributed by atoms with Crippen molar-refractivity contribution < 1.29 is 9.59 Å². The molecule has 0 spiro atoms. The minimum Gasteiger partial charge on any atom is -0.351 e. The minimum atomic E-state index is -0.646. The highest BCUT2D eigenvalue weighted by atomic mass is 16.2. The van der Waals surface area contributed by atoms with Crippen molar-refractivity contribution in [3.8, 4) is 0 Å². The van der Waals surface area contributed by atoms with Gasteiger partial charge in [0.15, 0.2) is 0 Å². The Bertz CT molecular complexity index is 455. The number of hydrogen-bond acceptors (Lipinski definition) is 3. The van der Waals surface area contributed by atoms with Gasteiger partial charge in [-0.2, -0.15) is 0 Å². The monoisotopic (exact) mass is 248 g/mol. The van der Waals surface area contributed by atoms with Crippen LogP contribution >= 0.6 is 0 Å². The van der Waals surface area contributed by atoms with E-state index >= 15 is 0 Å². The summed E-state index contributed by atoms with van der Waals surface area (Å²) in [7, 11) is 0. The third-order valence-corrected chi connectivity index (χ3v) is 2.79. The van der Waals surface area contributed by atoms with E-state index in [2.05, 4.69) is 16.0 Å². The van der Waals surface area contributed by atoms with E-state index in [0.29, 0.717) is 11.3 Å². The average Bonchev–Trinajstić information content (AvgIpc) is 2.81. The SMILES string of the molecule is NC(=O)Nc1cccc(C(=O)NC2CCNC2)c1. The number of hydrogen-bond donors (Lipinski definition) is 4. The van der Waals surface area contributed by atoms with Gasteiger partial charge in [0.25, 0.3) is 5.91 Å². The number of rotatable bonds is 3. The molecule has 1 saturated heterocycles. The topological polar surface area (TPSA) is 96.2 Å². The molecule has 1 heterocycles. The van der Waals surface area contributed by atoms with Crippen LogP contribution in [0, 0.1) is 0 Å². The molecule has 6 heteroatoms. The van der Waals surface area contributed by atoms with E-state index in [1.165, 1.54) is 0 Å². The smallest absolute Gasteiger partial charge is 0.316 e. The lowest BCUT2D eigenvalue weighted by atomic mass is 10.1. The van der Waals surface area contributed by atoms with Gasteiger partial charge in [-0.3, -0.25) is 4.79 Å². The lowest BCUT2D eigenvalue weighted by Crippen LogP contribution is -2.36. The van der Waals surface area contributed by atoms with Gasteiger partial charge < -0.3 is 21.7 Å². The van der Waals surface area contributed by atoms with Crippen molar-refractivity contribution in [3.05, 3.63) is 29.8 Å². The summed E-state index contributed by atoms with van der Waals surface area (Å²) in [5.41, 5.74) is 6.05. The molecule has 6 nitrogen and oxygen atoms in total. The van der Waals surface area contributed by atoms with Crippen LogP contribution in [0.15, 0.2) is 24.3 Å². The predicted octanol–water partition coefficient (Wildman–Crippen LogP) is 0.269. The van der Waals surface area contributed by atoms with E-state index in [-0.39, 0.29) is 11.9 Å². The van der Waals surface area contributed by atoms with Crippen molar-refractivity contribution in [1.82, 2.24) is 10.6 Å². The van der Waals surface area contributed by atoms with Gasteiger partial charge >= 0.3 is 6.03 Å². The van der Waals surface area contributed by atoms with Gasteiger partial charge in [0.2, 0.25) is 0 Å². The molecule has 0 radical (unpaired) electrons. The van der Waals surface area contributed by atoms with E-state index in [1.54, 1.807) is 24.3 Å². The van der Waals surface area contributed by atoms with Crippen LogP contribution < -0.4 is 21.7 Å². The standard InChI is InChI=1S/C12H16N4O2/c13-12(18)16-9-3-1-2-8(6-9)11(17)15-10-4-5-14-7-10/h1-3,6,10,14H,4-5,7H2,(H,15,17)(H3,13,16,18). The first-order chi connectivity index (χ1) is 8.65. The second-order valence-corrected chi connectivity index (χ2v) is 4.23. The largest absolute Gasteiger partial charge is 0.351 e. The van der Waals surface area contributed by atoms with E-state index in [4.69, 9.17) is 5.73 Å². The molecule has 1 aliphatic heterocycles. The molecule has 0 bridgehead atoms. The summed E-state index contributed by atoms with van der Waals surface area (Å²) in [5, 5.41) is 8.55. The number of benzene rings is 1. The zero-order valence-corrected chi connectivity index (χ0v) is 9.90. The summed E-state index contributed by atoms with van der Waals surface area (Å²) in [4.78, 5) is 22.7. The van der Waals surface area contributed by atoms with Gasteiger partial charge in [-0.25, -0.2) is 4.79 Å². The summed E-state index contributed by atoms with van der Waals surface area (Å²) in [6.45, 7) is 1.72. The Morgan fingerprint density at radius 3 is 2.89 bits per heavy atom. The molecule has 0 aliphatic carbocycles. The van der Waals surface area contributed by atoms with Gasteiger partial charge in [0.1, 0.15) is 0 Å². The first-order valence-electron chi connectivity index (χ1n) is 5.83. The highest BCUT2D eigenvalue weighted by Crippen LogP contribution is 2.11. The minimum absolute atomic E-state index is 0.142. The number of urea groups is 1. The second kappa shape index (κ2) is 5.50. The Labute approximate surface area is 105 Å². The quantitative estimate of drug-likeness (QED) is 0.618. The van der Waals surface area contributed by atoms with Crippen LogP contribution in [0.2, 0.25) is 0 Å². The van der Waals surface area contributed by atoms with Crippen LogP contribution in [0.1, 0.15) is 16.8 Å². The van der Waals surface area contributed by atoms with Crippen LogP contribution in [0.3, 0.4) is 0 Å². The predicted molar refractivity (Wildman–Crippen MR) is 68.4 cm³/mol. The Kier molecular flexibility index (Phi) is 3.78. The van der Waals surface area contributed by atoms with Gasteiger partial charge in [-0.15, -0.1) is 0 Å². The van der Waals surface area contributed by atoms with Crippen LogP contribution in [0.4, 0.5) is 10.5 Å². The van der Waals surface area contributed by atoms with E-state index in [9.17, 15) is 9.59 Å². The van der Waals surface area contributed by atoms with Crippen molar-refractivity contribution in [2.75, 3.05) is 18.4 Å². The van der Waals surface area contributed by atoms with Gasteiger partial charge in [0, 0.05) is 23.8 Å². The molecule has 1 aromatic rings. The van der Waals surface area contributed by atoms with E-state index in [1.807, 2.05) is 0 Å². The number of nitrogens with one attached hydrogen (secondary N) is 3. The van der Waals surface area contributed by atoms with Crippen molar-refractivity contribution in [3.63, 3.8) is 0 Å². The molecule has 1 aliphatic rings. The maximum Gasteiger partial charge on any atom is 0.316 e. The maximum absolute atomic E-state index is 12.0. The Morgan fingerprint density at radius 2 is 2.22 bits per heavy atom. The summed E-state index contributed by atoms with van der Waals surface area (Å²) >= 11 is 0. The van der Waals surface area contributed by atoms with Gasteiger partial charge in [-0.05, 0) is 31.2 Å². The number of carbonyl (C=O) groups is 2. The number of anilines is 1. The van der Waals surface area contributed by atoms with Crippen LogP contribution in [0.25, 0.3) is 0 Å². The summed E-state index contributed by atoms with van der Waals surface area (Å²) in [6, 6.07) is 6.20. The molecule has 1 fully saturated rings. The third-order valence-electron chi connectivity index (χ3n) is 2.79. The molecule has 5 N–H and O–H groups in total. The van der Waals surface area contributed by atoms with Gasteiger partial charge in [-0.1, -0.05) is 6.07 Å². The van der Waals surface area contributed by atoms with Crippen LogP contribution in [0.5, 0.6) is 0 Å². The fourth-order valence-corrected chi connectivity index (χ4v) is 1.93. The van der Waals surface area contributed by atoms with E-state index in [0.717, 1.165) is 19.5 Å². The number of nitrogens with two attached hydrogens (primary N) is 1. The highest BCUT2D eigenvalue weighted by molar-refractivity contribution is 5.96. The lowest BCUT2D eigenvalue weighted by Gasteiger charge is -2.11. The second-order valence-electron chi connectivity index (χ2n) is 4.23. The number of amides is 3. The normalized spacial score (nSPS) is 18.3. The molecular weight excluding hydrogens is 232 g/mol. The van der Waals surface area contributed by atoms with E-state index < -0.39 is 6.03 Å². The fourth-order valence-electron chi connectivity index (χ4n) is 1.93. The van der Waals surface area contributed by atoms with Crippen molar-refractivity contribution >= 4 is 17.6 Å². The molecule has 0 aromatic heterocycles. The lowest BCUT2D eigenvalue weighted by molar-refractivity contribution is 0.0940. The highest BCUT2D eigenvalue weighted by Gasteiger charge is 2.17. The van der Waals surface area contributed by atoms with Crippen molar-refractivity contribution in [1.29, 1.82) is 0 Å².